The van der Waals surface area contributed by atoms with Gasteiger partial charge in [0.1, 0.15) is 16.2 Å². The first-order valence-corrected chi connectivity index (χ1v) is 13.0. The number of hydrogen-bond donors (Lipinski definition) is 3. The van der Waals surface area contributed by atoms with Gasteiger partial charge >= 0.3 is 0 Å². The van der Waals surface area contributed by atoms with Crippen LogP contribution in [0.25, 0.3) is 10.3 Å². The number of nitrogens with one attached hydrogen (secondary N) is 2. The van der Waals surface area contributed by atoms with E-state index in [2.05, 4.69) is 39.3 Å². The van der Waals surface area contributed by atoms with Crippen LogP contribution in [0.2, 0.25) is 0 Å². The lowest BCUT2D eigenvalue weighted by atomic mass is 9.93. The Bertz CT molecular complexity index is 1070. The largest absolute Gasteiger partial charge is 0.393 e. The van der Waals surface area contributed by atoms with Gasteiger partial charge in [-0.2, -0.15) is 4.98 Å². The summed E-state index contributed by atoms with van der Waals surface area (Å²) in [6.07, 6.45) is 5.05. The minimum Gasteiger partial charge on any atom is -0.393 e. The number of morpholine rings is 1. The first kappa shape index (κ1) is 23.3. The molecule has 1 atom stereocenters. The van der Waals surface area contributed by atoms with Crippen LogP contribution in [0, 0.1) is 5.92 Å². The van der Waals surface area contributed by atoms with Crippen LogP contribution in [-0.2, 0) is 11.3 Å². The standard InChI is InChI=1S/C24H33N7O2S/c1-15(2)20-14-33-11-10-31(20)13-17-12-21(30-24-28-19-4-3-9-25-22(19)34-24)29-23(27-17)26-16-5-7-18(32)8-6-16/h3-4,9,12,15-16,18,20,32H,5-8,10-11,13-14H2,1-2H3,(H2,26,27,28,29,30)/t16-,18-,20-/m0/s1. The SMILES string of the molecule is CC(C)[C@@H]1COCCN1Cc1cc(Nc2nc3cccnc3s2)nc(N[C@H]2CC[C@H](O)CC2)n1. The number of rotatable bonds is 7. The van der Waals surface area contributed by atoms with Crippen molar-refractivity contribution in [1.29, 1.82) is 0 Å². The van der Waals surface area contributed by atoms with Crippen LogP contribution < -0.4 is 10.6 Å². The smallest absolute Gasteiger partial charge is 0.225 e. The maximum absolute atomic E-state index is 9.86. The number of thiazole rings is 1. The maximum atomic E-state index is 9.86. The zero-order chi connectivity index (χ0) is 23.5. The molecular formula is C24H33N7O2S. The van der Waals surface area contributed by atoms with E-state index in [4.69, 9.17) is 14.7 Å². The molecule has 0 radical (unpaired) electrons. The molecule has 182 valence electrons. The van der Waals surface area contributed by atoms with E-state index in [9.17, 15) is 5.11 Å². The molecule has 1 saturated carbocycles. The molecule has 5 rings (SSSR count). The normalized spacial score (nSPS) is 23.9. The summed E-state index contributed by atoms with van der Waals surface area (Å²) in [5, 5.41) is 17.5. The van der Waals surface area contributed by atoms with Gasteiger partial charge in [0.05, 0.1) is 25.0 Å². The van der Waals surface area contributed by atoms with Gasteiger partial charge in [0, 0.05) is 37.4 Å². The molecule has 1 aliphatic carbocycles. The first-order valence-electron chi connectivity index (χ1n) is 12.2. The summed E-state index contributed by atoms with van der Waals surface area (Å²) in [5.74, 6) is 1.84. The van der Waals surface area contributed by atoms with Gasteiger partial charge in [0.25, 0.3) is 0 Å². The van der Waals surface area contributed by atoms with E-state index in [-0.39, 0.29) is 12.1 Å². The fourth-order valence-corrected chi connectivity index (χ4v) is 5.53. The third kappa shape index (κ3) is 5.63. The van der Waals surface area contributed by atoms with Crippen molar-refractivity contribution in [2.75, 3.05) is 30.4 Å². The fourth-order valence-electron chi connectivity index (χ4n) is 4.72. The lowest BCUT2D eigenvalue weighted by molar-refractivity contribution is -0.0289. The van der Waals surface area contributed by atoms with Gasteiger partial charge in [-0.3, -0.25) is 4.90 Å². The number of pyridine rings is 1. The van der Waals surface area contributed by atoms with Crippen LogP contribution in [-0.4, -0.2) is 67.9 Å². The third-order valence-electron chi connectivity index (χ3n) is 6.63. The number of nitrogens with zero attached hydrogens (tertiary/aromatic N) is 5. The molecule has 2 aliphatic rings. The summed E-state index contributed by atoms with van der Waals surface area (Å²) >= 11 is 1.51. The predicted molar refractivity (Wildman–Crippen MR) is 134 cm³/mol. The molecule has 0 unspecified atom stereocenters. The highest BCUT2D eigenvalue weighted by molar-refractivity contribution is 7.21. The molecule has 0 bridgehead atoms. The summed E-state index contributed by atoms with van der Waals surface area (Å²) in [4.78, 5) is 22.1. The Labute approximate surface area is 204 Å². The van der Waals surface area contributed by atoms with E-state index in [0.29, 0.717) is 17.9 Å². The second-order valence-corrected chi connectivity index (χ2v) is 10.5. The zero-order valence-corrected chi connectivity index (χ0v) is 20.6. The van der Waals surface area contributed by atoms with Crippen molar-refractivity contribution in [3.63, 3.8) is 0 Å². The van der Waals surface area contributed by atoms with Crippen molar-refractivity contribution in [3.05, 3.63) is 30.1 Å². The van der Waals surface area contributed by atoms with Crippen molar-refractivity contribution in [2.45, 2.75) is 64.3 Å². The van der Waals surface area contributed by atoms with Crippen LogP contribution >= 0.6 is 11.3 Å². The number of anilines is 3. The lowest BCUT2D eigenvalue weighted by Gasteiger charge is -2.37. The Hall–Kier alpha value is -2.40. The number of aliphatic hydroxyl groups is 1. The average molecular weight is 484 g/mol. The summed E-state index contributed by atoms with van der Waals surface area (Å²) < 4.78 is 5.74. The number of aliphatic hydroxyl groups excluding tert-OH is 1. The predicted octanol–water partition coefficient (Wildman–Crippen LogP) is 3.80. The van der Waals surface area contributed by atoms with Gasteiger partial charge in [-0.1, -0.05) is 25.2 Å². The summed E-state index contributed by atoms with van der Waals surface area (Å²) in [5.41, 5.74) is 1.83. The molecule has 1 saturated heterocycles. The molecule has 1 aliphatic heterocycles. The van der Waals surface area contributed by atoms with E-state index in [1.54, 1.807) is 6.20 Å². The molecule has 4 heterocycles. The first-order chi connectivity index (χ1) is 16.5. The Kier molecular flexibility index (Phi) is 7.19. The Morgan fingerprint density at radius 3 is 2.85 bits per heavy atom. The zero-order valence-electron chi connectivity index (χ0n) is 19.8. The van der Waals surface area contributed by atoms with E-state index in [1.807, 2.05) is 18.2 Å². The third-order valence-corrected chi connectivity index (χ3v) is 7.52. The van der Waals surface area contributed by atoms with Crippen LogP contribution in [0.4, 0.5) is 16.9 Å². The highest BCUT2D eigenvalue weighted by atomic mass is 32.1. The minimum absolute atomic E-state index is 0.190. The summed E-state index contributed by atoms with van der Waals surface area (Å²) in [6.45, 7) is 7.61. The van der Waals surface area contributed by atoms with Gasteiger partial charge < -0.3 is 20.5 Å². The number of aromatic nitrogens is 4. The molecule has 34 heavy (non-hydrogen) atoms. The van der Waals surface area contributed by atoms with Gasteiger partial charge in [0.2, 0.25) is 5.95 Å². The maximum Gasteiger partial charge on any atom is 0.225 e. The van der Waals surface area contributed by atoms with Crippen LogP contribution in [0.1, 0.15) is 45.2 Å². The number of ether oxygens (including phenoxy) is 1. The van der Waals surface area contributed by atoms with Crippen molar-refractivity contribution >= 4 is 38.6 Å². The highest BCUT2D eigenvalue weighted by Gasteiger charge is 2.27. The van der Waals surface area contributed by atoms with Crippen LogP contribution in [0.5, 0.6) is 0 Å². The second kappa shape index (κ2) is 10.5. The van der Waals surface area contributed by atoms with Crippen LogP contribution in [0.3, 0.4) is 0 Å². The molecule has 3 N–H and O–H groups in total. The van der Waals surface area contributed by atoms with Crippen molar-refractivity contribution < 1.29 is 9.84 Å². The second-order valence-electron chi connectivity index (χ2n) is 9.55. The van der Waals surface area contributed by atoms with Crippen molar-refractivity contribution in [1.82, 2.24) is 24.8 Å². The molecule has 2 fully saturated rings. The Morgan fingerprint density at radius 2 is 2.06 bits per heavy atom. The fraction of sp³-hybridized carbons (Fsp3) is 0.583. The van der Waals surface area contributed by atoms with E-state index in [1.165, 1.54) is 11.3 Å². The summed E-state index contributed by atoms with van der Waals surface area (Å²) in [6, 6.07) is 6.51. The van der Waals surface area contributed by atoms with Crippen LogP contribution in [0.15, 0.2) is 24.4 Å². The van der Waals surface area contributed by atoms with Gasteiger partial charge in [-0.05, 0) is 43.7 Å². The Balaban J connectivity index is 1.39. The van der Waals surface area contributed by atoms with Gasteiger partial charge in [-0.15, -0.1) is 0 Å². The molecule has 3 aromatic rings. The van der Waals surface area contributed by atoms with Crippen molar-refractivity contribution in [3.8, 4) is 0 Å². The molecule has 9 nitrogen and oxygen atoms in total. The molecule has 3 aromatic heterocycles. The monoisotopic (exact) mass is 483 g/mol. The summed E-state index contributed by atoms with van der Waals surface area (Å²) in [7, 11) is 0. The topological polar surface area (TPSA) is 108 Å². The van der Waals surface area contributed by atoms with Gasteiger partial charge in [0.15, 0.2) is 5.13 Å². The highest BCUT2D eigenvalue weighted by Crippen LogP contribution is 2.28. The quantitative estimate of drug-likeness (QED) is 0.462. The van der Waals surface area contributed by atoms with E-state index >= 15 is 0 Å². The van der Waals surface area contributed by atoms with E-state index < -0.39 is 0 Å². The molecular weight excluding hydrogens is 450 g/mol. The lowest BCUT2D eigenvalue weighted by Crippen LogP contribution is -2.47. The molecule has 0 spiro atoms. The molecule has 10 heteroatoms. The minimum atomic E-state index is -0.190. The van der Waals surface area contributed by atoms with E-state index in [0.717, 1.165) is 79.0 Å². The number of hydrogen-bond acceptors (Lipinski definition) is 10. The van der Waals surface area contributed by atoms with Gasteiger partial charge in [-0.25, -0.2) is 15.0 Å². The molecule has 0 amide bonds. The Morgan fingerprint density at radius 1 is 1.21 bits per heavy atom. The number of fused-ring (bicyclic) bond motifs is 1. The molecule has 0 aromatic carbocycles. The average Bonchev–Trinajstić information content (AvgIpc) is 3.23. The van der Waals surface area contributed by atoms with Crippen molar-refractivity contribution in [2.24, 2.45) is 5.92 Å².